The molecule has 0 bridgehead atoms. The fourth-order valence-electron chi connectivity index (χ4n) is 1.92. The van der Waals surface area contributed by atoms with Gasteiger partial charge < -0.3 is 4.74 Å². The van der Waals surface area contributed by atoms with Crippen LogP contribution >= 0.6 is 11.6 Å². The molecule has 0 N–H and O–H groups in total. The van der Waals surface area contributed by atoms with E-state index in [0.717, 1.165) is 28.5 Å². The molecular weight excluding hydrogens is 256 g/mol. The Bertz CT molecular complexity index is 561. The van der Waals surface area contributed by atoms with Gasteiger partial charge in [0.05, 0.1) is 6.61 Å². The Morgan fingerprint density at radius 3 is 2.63 bits per heavy atom. The smallest absolute Gasteiger partial charge is 0.119 e. The van der Waals surface area contributed by atoms with Crippen molar-refractivity contribution in [2.24, 2.45) is 5.92 Å². The lowest BCUT2D eigenvalue weighted by Gasteiger charge is -2.11. The summed E-state index contributed by atoms with van der Waals surface area (Å²) < 4.78 is 5.77. The third kappa shape index (κ3) is 3.74. The van der Waals surface area contributed by atoms with E-state index in [9.17, 15) is 0 Å². The highest BCUT2D eigenvalue weighted by Crippen LogP contribution is 2.29. The molecule has 100 valence electrons. The molecule has 0 aliphatic rings. The summed E-state index contributed by atoms with van der Waals surface area (Å²) in [5, 5.41) is 0.758. The number of hydrogen-bond acceptors (Lipinski definition) is 1. The predicted octanol–water partition coefficient (Wildman–Crippen LogP) is 5.35. The Morgan fingerprint density at radius 1 is 1.11 bits per heavy atom. The van der Waals surface area contributed by atoms with Crippen molar-refractivity contribution in [1.82, 2.24) is 0 Å². The third-order valence-electron chi connectivity index (χ3n) is 2.93. The van der Waals surface area contributed by atoms with Crippen molar-refractivity contribution >= 4 is 11.6 Å². The van der Waals surface area contributed by atoms with E-state index in [1.165, 1.54) is 5.56 Å². The number of rotatable bonds is 4. The van der Waals surface area contributed by atoms with E-state index in [0.29, 0.717) is 5.92 Å². The summed E-state index contributed by atoms with van der Waals surface area (Å²) >= 11 is 6.08. The molecule has 0 aliphatic heterocycles. The molecule has 0 atom stereocenters. The van der Waals surface area contributed by atoms with Crippen molar-refractivity contribution in [2.75, 3.05) is 6.61 Å². The van der Waals surface area contributed by atoms with Gasteiger partial charge in [0, 0.05) is 5.02 Å². The fraction of sp³-hybridized carbons (Fsp3) is 0.294. The van der Waals surface area contributed by atoms with Crippen LogP contribution in [0, 0.1) is 12.8 Å². The highest BCUT2D eigenvalue weighted by atomic mass is 35.5. The SMILES string of the molecule is Cc1ccc(Cl)cc1-c1cccc(OCC(C)C)c1. The molecule has 0 fully saturated rings. The molecule has 2 aromatic rings. The van der Waals surface area contributed by atoms with Crippen LogP contribution in [0.1, 0.15) is 19.4 Å². The van der Waals surface area contributed by atoms with Gasteiger partial charge in [0.1, 0.15) is 5.75 Å². The predicted molar refractivity (Wildman–Crippen MR) is 82.0 cm³/mol. The van der Waals surface area contributed by atoms with Crippen molar-refractivity contribution in [1.29, 1.82) is 0 Å². The molecule has 0 aromatic heterocycles. The Labute approximate surface area is 120 Å². The molecule has 0 radical (unpaired) electrons. The van der Waals surface area contributed by atoms with Gasteiger partial charge in [0.2, 0.25) is 0 Å². The molecule has 0 amide bonds. The van der Waals surface area contributed by atoms with E-state index < -0.39 is 0 Å². The lowest BCUT2D eigenvalue weighted by Crippen LogP contribution is -2.04. The van der Waals surface area contributed by atoms with Crippen LogP contribution in [0.5, 0.6) is 5.75 Å². The number of halogens is 1. The zero-order chi connectivity index (χ0) is 13.8. The number of aryl methyl sites for hydroxylation is 1. The second kappa shape index (κ2) is 6.12. The van der Waals surface area contributed by atoms with Crippen LogP contribution in [0.25, 0.3) is 11.1 Å². The first kappa shape index (κ1) is 14.0. The minimum atomic E-state index is 0.525. The van der Waals surface area contributed by atoms with Crippen LogP contribution in [0.3, 0.4) is 0 Å². The van der Waals surface area contributed by atoms with E-state index in [2.05, 4.69) is 32.9 Å². The third-order valence-corrected chi connectivity index (χ3v) is 3.16. The molecule has 1 nitrogen and oxygen atoms in total. The Hall–Kier alpha value is -1.47. The van der Waals surface area contributed by atoms with Gasteiger partial charge in [0.15, 0.2) is 0 Å². The van der Waals surface area contributed by atoms with Crippen LogP contribution < -0.4 is 4.74 Å². The number of hydrogen-bond donors (Lipinski definition) is 0. The van der Waals surface area contributed by atoms with E-state index in [1.807, 2.05) is 30.3 Å². The highest BCUT2D eigenvalue weighted by Gasteiger charge is 2.05. The molecule has 0 heterocycles. The van der Waals surface area contributed by atoms with Crippen LogP contribution in [-0.2, 0) is 0 Å². The second-order valence-electron chi connectivity index (χ2n) is 5.19. The van der Waals surface area contributed by atoms with E-state index in [4.69, 9.17) is 16.3 Å². The zero-order valence-corrected chi connectivity index (χ0v) is 12.4. The second-order valence-corrected chi connectivity index (χ2v) is 5.63. The molecule has 19 heavy (non-hydrogen) atoms. The summed E-state index contributed by atoms with van der Waals surface area (Å²) in [6, 6.07) is 14.1. The van der Waals surface area contributed by atoms with Gasteiger partial charge in [-0.3, -0.25) is 0 Å². The maximum atomic E-state index is 6.08. The number of benzene rings is 2. The first-order valence-electron chi connectivity index (χ1n) is 6.55. The summed E-state index contributed by atoms with van der Waals surface area (Å²) in [4.78, 5) is 0. The molecule has 0 unspecified atom stereocenters. The van der Waals surface area contributed by atoms with Crippen LogP contribution in [0.4, 0.5) is 0 Å². The molecule has 0 saturated carbocycles. The standard InChI is InChI=1S/C17H19ClO/c1-12(2)11-19-16-6-4-5-14(9-16)17-10-15(18)8-7-13(17)3/h4-10,12H,11H2,1-3H3. The molecule has 2 aromatic carbocycles. The lowest BCUT2D eigenvalue weighted by atomic mass is 10.0. The van der Waals surface area contributed by atoms with Crippen LogP contribution in [0.15, 0.2) is 42.5 Å². The van der Waals surface area contributed by atoms with Gasteiger partial charge in [-0.25, -0.2) is 0 Å². The van der Waals surface area contributed by atoms with Gasteiger partial charge in [-0.1, -0.05) is 43.6 Å². The van der Waals surface area contributed by atoms with Crippen molar-refractivity contribution in [2.45, 2.75) is 20.8 Å². The highest BCUT2D eigenvalue weighted by molar-refractivity contribution is 6.30. The molecular formula is C17H19ClO. The summed E-state index contributed by atoms with van der Waals surface area (Å²) in [6.45, 7) is 7.11. The summed E-state index contributed by atoms with van der Waals surface area (Å²) in [5.41, 5.74) is 3.51. The van der Waals surface area contributed by atoms with Crippen molar-refractivity contribution < 1.29 is 4.74 Å². The fourth-order valence-corrected chi connectivity index (χ4v) is 2.09. The Morgan fingerprint density at radius 2 is 1.89 bits per heavy atom. The van der Waals surface area contributed by atoms with Crippen molar-refractivity contribution in [3.63, 3.8) is 0 Å². The monoisotopic (exact) mass is 274 g/mol. The molecule has 0 saturated heterocycles. The first-order chi connectivity index (χ1) is 9.06. The van der Waals surface area contributed by atoms with Crippen LogP contribution in [0.2, 0.25) is 5.02 Å². The first-order valence-corrected chi connectivity index (χ1v) is 6.93. The number of ether oxygens (including phenoxy) is 1. The van der Waals surface area contributed by atoms with Gasteiger partial charge in [-0.2, -0.15) is 0 Å². The molecule has 2 heteroatoms. The average molecular weight is 275 g/mol. The van der Waals surface area contributed by atoms with E-state index >= 15 is 0 Å². The summed E-state index contributed by atoms with van der Waals surface area (Å²) in [5.74, 6) is 1.43. The van der Waals surface area contributed by atoms with Gasteiger partial charge in [0.25, 0.3) is 0 Å². The van der Waals surface area contributed by atoms with Crippen molar-refractivity contribution in [3.8, 4) is 16.9 Å². The normalized spacial score (nSPS) is 10.8. The van der Waals surface area contributed by atoms with Gasteiger partial charge in [-0.05, 0) is 53.8 Å². The maximum absolute atomic E-state index is 6.08. The zero-order valence-electron chi connectivity index (χ0n) is 11.6. The average Bonchev–Trinajstić information content (AvgIpc) is 2.39. The molecule has 0 aliphatic carbocycles. The van der Waals surface area contributed by atoms with Gasteiger partial charge >= 0.3 is 0 Å². The molecule has 0 spiro atoms. The van der Waals surface area contributed by atoms with Gasteiger partial charge in [-0.15, -0.1) is 0 Å². The van der Waals surface area contributed by atoms with E-state index in [-0.39, 0.29) is 0 Å². The summed E-state index contributed by atoms with van der Waals surface area (Å²) in [6.07, 6.45) is 0. The van der Waals surface area contributed by atoms with E-state index in [1.54, 1.807) is 0 Å². The topological polar surface area (TPSA) is 9.23 Å². The quantitative estimate of drug-likeness (QED) is 0.730. The minimum Gasteiger partial charge on any atom is -0.493 e. The van der Waals surface area contributed by atoms with Crippen LogP contribution in [-0.4, -0.2) is 6.61 Å². The Kier molecular flexibility index (Phi) is 4.49. The Balaban J connectivity index is 2.29. The lowest BCUT2D eigenvalue weighted by molar-refractivity contribution is 0.271. The van der Waals surface area contributed by atoms with Crippen molar-refractivity contribution in [3.05, 3.63) is 53.1 Å². The minimum absolute atomic E-state index is 0.525. The molecule has 2 rings (SSSR count). The largest absolute Gasteiger partial charge is 0.493 e. The summed E-state index contributed by atoms with van der Waals surface area (Å²) in [7, 11) is 0. The maximum Gasteiger partial charge on any atom is 0.119 e.